The van der Waals surface area contributed by atoms with Gasteiger partial charge in [-0.05, 0) is 24.8 Å². The number of likely N-dealkylation sites (N-methyl/N-ethyl adjacent to an activating group) is 1. The van der Waals surface area contributed by atoms with Crippen molar-refractivity contribution in [2.45, 2.75) is 31.9 Å². The van der Waals surface area contributed by atoms with Gasteiger partial charge in [-0.1, -0.05) is 6.92 Å². The lowest BCUT2D eigenvalue weighted by Gasteiger charge is -2.43. The number of aliphatic hydroxyl groups is 1. The van der Waals surface area contributed by atoms with E-state index in [4.69, 9.17) is 0 Å². The number of piperidine rings is 1. The summed E-state index contributed by atoms with van der Waals surface area (Å²) in [5.41, 5.74) is 0.823. The van der Waals surface area contributed by atoms with Crippen LogP contribution in [0.2, 0.25) is 0 Å². The van der Waals surface area contributed by atoms with E-state index in [-0.39, 0.29) is 18.2 Å². The van der Waals surface area contributed by atoms with E-state index in [1.54, 1.807) is 11.2 Å². The normalized spacial score (nSPS) is 26.5. The molecular formula is C18H26N6O2. The van der Waals surface area contributed by atoms with Gasteiger partial charge in [0.15, 0.2) is 0 Å². The molecule has 2 aliphatic rings. The summed E-state index contributed by atoms with van der Waals surface area (Å²) in [6.07, 6.45) is 4.69. The molecule has 0 saturated carbocycles. The quantitative estimate of drug-likeness (QED) is 0.845. The minimum atomic E-state index is -0.385. The Labute approximate surface area is 152 Å². The van der Waals surface area contributed by atoms with Crippen LogP contribution in [0.1, 0.15) is 19.8 Å². The second kappa shape index (κ2) is 6.75. The summed E-state index contributed by atoms with van der Waals surface area (Å²) in [6, 6.07) is 2.22. The molecule has 4 heterocycles. The molecule has 8 nitrogen and oxygen atoms in total. The Bertz CT molecular complexity index is 793. The molecule has 26 heavy (non-hydrogen) atoms. The van der Waals surface area contributed by atoms with Crippen LogP contribution in [0, 0.1) is 5.92 Å². The van der Waals surface area contributed by atoms with E-state index in [1.165, 1.54) is 0 Å². The van der Waals surface area contributed by atoms with Gasteiger partial charge in [0.1, 0.15) is 17.8 Å². The number of carbonyl (C=O) groups is 1. The van der Waals surface area contributed by atoms with Crippen molar-refractivity contribution in [1.82, 2.24) is 24.8 Å². The van der Waals surface area contributed by atoms with E-state index in [1.807, 2.05) is 24.2 Å². The van der Waals surface area contributed by atoms with Crippen LogP contribution < -0.4 is 4.90 Å². The van der Waals surface area contributed by atoms with Crippen LogP contribution in [-0.2, 0) is 0 Å². The number of fused-ring (bicyclic) bond motifs is 1. The van der Waals surface area contributed by atoms with Crippen molar-refractivity contribution in [3.63, 3.8) is 0 Å². The zero-order chi connectivity index (χ0) is 18.3. The fourth-order valence-corrected chi connectivity index (χ4v) is 4.14. The average molecular weight is 358 g/mol. The molecule has 2 N–H and O–H groups in total. The highest BCUT2D eigenvalue weighted by atomic mass is 16.3. The SMILES string of the molecule is C[C@@H]1CCN(C(=O)N2CC[C@H](O)C2)C[C@@H]1N(C)c1ncnc2[nH]ccc12. The molecule has 140 valence electrons. The van der Waals surface area contributed by atoms with Crippen LogP contribution in [0.4, 0.5) is 10.6 Å². The largest absolute Gasteiger partial charge is 0.391 e. The van der Waals surface area contributed by atoms with Crippen molar-refractivity contribution in [2.75, 3.05) is 38.1 Å². The number of hydrogen-bond acceptors (Lipinski definition) is 5. The molecule has 2 saturated heterocycles. The van der Waals surface area contributed by atoms with Gasteiger partial charge >= 0.3 is 6.03 Å². The molecule has 0 aliphatic carbocycles. The Morgan fingerprint density at radius 1 is 1.27 bits per heavy atom. The fraction of sp³-hybridized carbons (Fsp3) is 0.611. The van der Waals surface area contributed by atoms with Gasteiger partial charge in [-0.15, -0.1) is 0 Å². The highest BCUT2D eigenvalue weighted by Crippen LogP contribution is 2.29. The van der Waals surface area contributed by atoms with Crippen molar-refractivity contribution in [3.05, 3.63) is 18.6 Å². The molecule has 8 heteroatoms. The van der Waals surface area contributed by atoms with E-state index in [9.17, 15) is 9.90 Å². The number of amides is 2. The first-order valence-electron chi connectivity index (χ1n) is 9.27. The maximum atomic E-state index is 12.8. The second-order valence-electron chi connectivity index (χ2n) is 7.50. The minimum absolute atomic E-state index is 0.0429. The van der Waals surface area contributed by atoms with Gasteiger partial charge in [0.05, 0.1) is 17.5 Å². The predicted molar refractivity (Wildman–Crippen MR) is 99.0 cm³/mol. The van der Waals surface area contributed by atoms with Gasteiger partial charge in [0.25, 0.3) is 0 Å². The maximum Gasteiger partial charge on any atom is 0.320 e. The van der Waals surface area contributed by atoms with E-state index >= 15 is 0 Å². The van der Waals surface area contributed by atoms with Crippen LogP contribution in [0.5, 0.6) is 0 Å². The molecule has 2 aliphatic heterocycles. The standard InChI is InChI=1S/C18H26N6O2/c1-12-4-7-24(18(26)23-8-5-13(25)9-23)10-15(12)22(2)17-14-3-6-19-16(14)20-11-21-17/h3,6,11-13,15,25H,4-5,7-10H2,1-2H3,(H,19,20,21)/t12-,13+,15+/m1/s1. The number of anilines is 1. The number of nitrogens with zero attached hydrogens (tertiary/aromatic N) is 5. The summed E-state index contributed by atoms with van der Waals surface area (Å²) >= 11 is 0. The average Bonchev–Trinajstić information content (AvgIpc) is 3.29. The minimum Gasteiger partial charge on any atom is -0.391 e. The number of urea groups is 1. The molecule has 0 aromatic carbocycles. The molecule has 0 bridgehead atoms. The Balaban J connectivity index is 1.53. The molecule has 0 unspecified atom stereocenters. The number of hydrogen-bond donors (Lipinski definition) is 2. The second-order valence-corrected chi connectivity index (χ2v) is 7.50. The molecule has 0 radical (unpaired) electrons. The summed E-state index contributed by atoms with van der Waals surface area (Å²) in [7, 11) is 2.05. The topological polar surface area (TPSA) is 88.6 Å². The highest BCUT2D eigenvalue weighted by molar-refractivity contribution is 5.87. The first-order valence-corrected chi connectivity index (χ1v) is 9.27. The van der Waals surface area contributed by atoms with Crippen LogP contribution >= 0.6 is 0 Å². The third kappa shape index (κ3) is 2.98. The summed E-state index contributed by atoms with van der Waals surface area (Å²) in [6.45, 7) is 4.75. The lowest BCUT2D eigenvalue weighted by atomic mass is 9.92. The first kappa shape index (κ1) is 17.1. The van der Waals surface area contributed by atoms with Gasteiger partial charge in [-0.3, -0.25) is 0 Å². The lowest BCUT2D eigenvalue weighted by Crippen LogP contribution is -2.55. The van der Waals surface area contributed by atoms with Gasteiger partial charge in [0.2, 0.25) is 0 Å². The summed E-state index contributed by atoms with van der Waals surface area (Å²) in [5.74, 6) is 1.34. The molecular weight excluding hydrogens is 332 g/mol. The highest BCUT2D eigenvalue weighted by Gasteiger charge is 2.35. The number of rotatable bonds is 2. The number of carbonyl (C=O) groups excluding carboxylic acids is 1. The van der Waals surface area contributed by atoms with Gasteiger partial charge in [-0.2, -0.15) is 0 Å². The van der Waals surface area contributed by atoms with Crippen LogP contribution in [0.25, 0.3) is 11.0 Å². The first-order chi connectivity index (χ1) is 12.5. The smallest absolute Gasteiger partial charge is 0.320 e. The van der Waals surface area contributed by atoms with Gasteiger partial charge in [-0.25, -0.2) is 14.8 Å². The van der Waals surface area contributed by atoms with Crippen LogP contribution in [0.15, 0.2) is 18.6 Å². The Morgan fingerprint density at radius 2 is 2.04 bits per heavy atom. The molecule has 2 fully saturated rings. The third-order valence-corrected chi connectivity index (χ3v) is 5.79. The monoisotopic (exact) mass is 358 g/mol. The molecule has 0 spiro atoms. The van der Waals surface area contributed by atoms with E-state index in [0.29, 0.717) is 32.0 Å². The van der Waals surface area contributed by atoms with Crippen molar-refractivity contribution >= 4 is 22.9 Å². The zero-order valence-corrected chi connectivity index (χ0v) is 15.3. The third-order valence-electron chi connectivity index (χ3n) is 5.79. The zero-order valence-electron chi connectivity index (χ0n) is 15.3. The molecule has 2 aromatic rings. The van der Waals surface area contributed by atoms with Gasteiger partial charge < -0.3 is 24.8 Å². The summed E-state index contributed by atoms with van der Waals surface area (Å²) in [4.78, 5) is 30.6. The van der Waals surface area contributed by atoms with Crippen molar-refractivity contribution in [1.29, 1.82) is 0 Å². The number of aromatic amines is 1. The van der Waals surface area contributed by atoms with Gasteiger partial charge in [0, 0.05) is 39.4 Å². The number of β-amino-alcohol motifs (C(OH)–C–C–N with tert-alkyl or cyclic N) is 1. The molecule has 3 atom stereocenters. The van der Waals surface area contributed by atoms with Crippen molar-refractivity contribution in [3.8, 4) is 0 Å². The summed E-state index contributed by atoms with van der Waals surface area (Å²) < 4.78 is 0. The Morgan fingerprint density at radius 3 is 2.81 bits per heavy atom. The number of nitrogens with one attached hydrogen (secondary N) is 1. The maximum absolute atomic E-state index is 12.8. The predicted octanol–water partition coefficient (Wildman–Crippen LogP) is 1.29. The number of likely N-dealkylation sites (tertiary alicyclic amines) is 2. The van der Waals surface area contributed by atoms with Crippen molar-refractivity contribution in [2.24, 2.45) is 5.92 Å². The fourth-order valence-electron chi connectivity index (χ4n) is 4.14. The number of H-pyrrole nitrogens is 1. The van der Waals surface area contributed by atoms with E-state index < -0.39 is 0 Å². The van der Waals surface area contributed by atoms with Crippen LogP contribution in [-0.4, -0.2) is 81.3 Å². The van der Waals surface area contributed by atoms with E-state index in [0.717, 1.165) is 29.8 Å². The molecule has 4 rings (SSSR count). The van der Waals surface area contributed by atoms with Crippen LogP contribution in [0.3, 0.4) is 0 Å². The van der Waals surface area contributed by atoms with E-state index in [2.05, 4.69) is 26.8 Å². The Hall–Kier alpha value is -2.35. The number of aromatic nitrogens is 3. The van der Waals surface area contributed by atoms with Crippen molar-refractivity contribution < 1.29 is 9.90 Å². The summed E-state index contributed by atoms with van der Waals surface area (Å²) in [5, 5.41) is 10.7. The Kier molecular flexibility index (Phi) is 4.44. The lowest BCUT2D eigenvalue weighted by molar-refractivity contribution is 0.124. The molecule has 2 amide bonds. The number of aliphatic hydroxyl groups excluding tert-OH is 1. The molecule has 2 aromatic heterocycles.